The number of hydrogen-bond donors (Lipinski definition) is 0. The van der Waals surface area contributed by atoms with Crippen LogP contribution in [0.1, 0.15) is 19.3 Å². The number of carbonyl (C=O) groups is 2. The maximum absolute atomic E-state index is 11.1. The predicted molar refractivity (Wildman–Crippen MR) is 40.3 cm³/mol. The molecule has 2 heterocycles. The van der Waals surface area contributed by atoms with Gasteiger partial charge in [-0.3, -0.25) is 4.79 Å². The third-order valence-corrected chi connectivity index (χ3v) is 2.67. The normalized spacial score (nSPS) is 32.8. The third-order valence-electron chi connectivity index (χ3n) is 2.67. The first-order valence-corrected chi connectivity index (χ1v) is 4.13. The van der Waals surface area contributed by atoms with E-state index in [0.29, 0.717) is 12.5 Å². The zero-order valence-corrected chi connectivity index (χ0v) is 6.95. The van der Waals surface area contributed by atoms with Crippen molar-refractivity contribution in [3.8, 4) is 0 Å². The number of methoxy groups -OCH3 is 1. The number of amides is 1. The molecule has 2 saturated heterocycles. The highest BCUT2D eigenvalue weighted by molar-refractivity contribution is 5.90. The number of ether oxygens (including phenoxy) is 1. The van der Waals surface area contributed by atoms with Gasteiger partial charge in [0.1, 0.15) is 6.04 Å². The zero-order chi connectivity index (χ0) is 8.72. The Kier molecular flexibility index (Phi) is 1.56. The van der Waals surface area contributed by atoms with Crippen molar-refractivity contribution in [1.82, 2.24) is 4.90 Å². The molecular weight excluding hydrogens is 158 g/mol. The standard InChI is InChI=1S/C8H11NO3/c1-12-8(11)6-3-2-5-4-7(10)9(5)6/h5-6H,2-4H2,1H3/t5-,6-/m1/s1. The van der Waals surface area contributed by atoms with E-state index in [2.05, 4.69) is 4.74 Å². The molecule has 0 aromatic carbocycles. The molecule has 0 unspecified atom stereocenters. The Morgan fingerprint density at radius 3 is 2.92 bits per heavy atom. The van der Waals surface area contributed by atoms with Crippen molar-refractivity contribution < 1.29 is 14.3 Å². The average molecular weight is 169 g/mol. The topological polar surface area (TPSA) is 46.6 Å². The van der Waals surface area contributed by atoms with Gasteiger partial charge in [-0.25, -0.2) is 4.79 Å². The van der Waals surface area contributed by atoms with Crippen molar-refractivity contribution in [2.24, 2.45) is 0 Å². The van der Waals surface area contributed by atoms with E-state index >= 15 is 0 Å². The van der Waals surface area contributed by atoms with Crippen LogP contribution in [0.3, 0.4) is 0 Å². The number of β-lactam (4-membered cyclic amide) rings is 1. The van der Waals surface area contributed by atoms with Crippen molar-refractivity contribution >= 4 is 11.9 Å². The first-order valence-electron chi connectivity index (χ1n) is 4.13. The lowest BCUT2D eigenvalue weighted by Crippen LogP contribution is -2.54. The van der Waals surface area contributed by atoms with Crippen LogP contribution in [0.4, 0.5) is 0 Å². The number of nitrogens with zero attached hydrogens (tertiary/aromatic N) is 1. The van der Waals surface area contributed by atoms with E-state index in [0.717, 1.165) is 12.8 Å². The van der Waals surface area contributed by atoms with E-state index in [1.807, 2.05) is 0 Å². The van der Waals surface area contributed by atoms with Crippen LogP contribution in [0.15, 0.2) is 0 Å². The van der Waals surface area contributed by atoms with Crippen molar-refractivity contribution in [2.75, 3.05) is 7.11 Å². The van der Waals surface area contributed by atoms with Crippen LogP contribution >= 0.6 is 0 Å². The van der Waals surface area contributed by atoms with Gasteiger partial charge in [-0.1, -0.05) is 0 Å². The molecule has 0 aromatic heterocycles. The second-order valence-corrected chi connectivity index (χ2v) is 3.28. The van der Waals surface area contributed by atoms with E-state index in [9.17, 15) is 9.59 Å². The van der Waals surface area contributed by atoms with Crippen molar-refractivity contribution in [2.45, 2.75) is 31.3 Å². The van der Waals surface area contributed by atoms with E-state index in [-0.39, 0.29) is 17.9 Å². The Labute approximate surface area is 70.5 Å². The summed E-state index contributed by atoms with van der Waals surface area (Å²) in [7, 11) is 1.36. The number of fused-ring (bicyclic) bond motifs is 1. The molecular formula is C8H11NO3. The molecule has 4 nitrogen and oxygen atoms in total. The molecule has 0 bridgehead atoms. The van der Waals surface area contributed by atoms with Gasteiger partial charge >= 0.3 is 5.97 Å². The van der Waals surface area contributed by atoms with Gasteiger partial charge in [-0.2, -0.15) is 0 Å². The molecule has 2 atom stereocenters. The summed E-state index contributed by atoms with van der Waals surface area (Å²) in [5.74, 6) is -0.182. The van der Waals surface area contributed by atoms with E-state index in [1.54, 1.807) is 4.90 Å². The molecule has 0 aliphatic carbocycles. The third kappa shape index (κ3) is 0.838. The minimum atomic E-state index is -0.291. The van der Waals surface area contributed by atoms with Crippen molar-refractivity contribution in [3.63, 3.8) is 0 Å². The summed E-state index contributed by atoms with van der Waals surface area (Å²) in [6.07, 6.45) is 2.34. The lowest BCUT2D eigenvalue weighted by atomic mass is 10.0. The van der Waals surface area contributed by atoms with E-state index in [1.165, 1.54) is 7.11 Å². The van der Waals surface area contributed by atoms with Crippen LogP contribution in [0.25, 0.3) is 0 Å². The fraction of sp³-hybridized carbons (Fsp3) is 0.750. The minimum absolute atomic E-state index is 0.0906. The molecule has 2 aliphatic heterocycles. The van der Waals surface area contributed by atoms with Gasteiger partial charge in [0.2, 0.25) is 5.91 Å². The van der Waals surface area contributed by atoms with Crippen LogP contribution in [0.2, 0.25) is 0 Å². The Hall–Kier alpha value is -1.06. The minimum Gasteiger partial charge on any atom is -0.467 e. The Morgan fingerprint density at radius 1 is 1.58 bits per heavy atom. The smallest absolute Gasteiger partial charge is 0.328 e. The van der Waals surface area contributed by atoms with Crippen molar-refractivity contribution in [3.05, 3.63) is 0 Å². The summed E-state index contributed by atoms with van der Waals surface area (Å²) in [5, 5.41) is 0. The number of rotatable bonds is 1. The highest BCUT2D eigenvalue weighted by Crippen LogP contribution is 2.35. The number of esters is 1. The van der Waals surface area contributed by atoms with Crippen LogP contribution in [-0.4, -0.2) is 36.0 Å². The van der Waals surface area contributed by atoms with Gasteiger partial charge in [0.05, 0.1) is 7.11 Å². The van der Waals surface area contributed by atoms with Crippen LogP contribution in [0.5, 0.6) is 0 Å². The lowest BCUT2D eigenvalue weighted by Gasteiger charge is -2.37. The van der Waals surface area contributed by atoms with Gasteiger partial charge in [0.15, 0.2) is 0 Å². The van der Waals surface area contributed by atoms with Gasteiger partial charge in [0.25, 0.3) is 0 Å². The summed E-state index contributed by atoms with van der Waals surface area (Å²) in [6, 6.07) is 0.0304. The summed E-state index contributed by atoms with van der Waals surface area (Å²) in [6.45, 7) is 0. The second-order valence-electron chi connectivity index (χ2n) is 3.28. The molecule has 2 aliphatic rings. The Bertz CT molecular complexity index is 238. The molecule has 4 heteroatoms. The van der Waals surface area contributed by atoms with Gasteiger partial charge < -0.3 is 9.64 Å². The van der Waals surface area contributed by atoms with Crippen LogP contribution in [-0.2, 0) is 14.3 Å². The quantitative estimate of drug-likeness (QED) is 0.407. The lowest BCUT2D eigenvalue weighted by molar-refractivity contribution is -0.158. The number of carbonyl (C=O) groups excluding carboxylic acids is 2. The van der Waals surface area contributed by atoms with E-state index in [4.69, 9.17) is 0 Å². The maximum atomic E-state index is 11.1. The molecule has 2 fully saturated rings. The fourth-order valence-corrected chi connectivity index (χ4v) is 2.02. The summed E-state index contributed by atoms with van der Waals surface area (Å²) in [5.41, 5.74) is 0. The molecule has 12 heavy (non-hydrogen) atoms. The predicted octanol–water partition coefficient (Wildman–Crippen LogP) is -0.0773. The Balaban J connectivity index is 2.08. The van der Waals surface area contributed by atoms with Gasteiger partial charge in [-0.05, 0) is 12.8 Å². The second kappa shape index (κ2) is 2.47. The number of hydrogen-bond acceptors (Lipinski definition) is 3. The molecule has 1 amide bonds. The largest absolute Gasteiger partial charge is 0.467 e. The molecule has 0 N–H and O–H groups in total. The Morgan fingerprint density at radius 2 is 2.33 bits per heavy atom. The molecule has 2 rings (SSSR count). The summed E-state index contributed by atoms with van der Waals surface area (Å²) in [4.78, 5) is 23.9. The van der Waals surface area contributed by atoms with Crippen LogP contribution in [0, 0.1) is 0 Å². The first-order chi connectivity index (χ1) is 5.74. The van der Waals surface area contributed by atoms with Gasteiger partial charge in [-0.15, -0.1) is 0 Å². The SMILES string of the molecule is COC(=O)[C@H]1CC[C@@H]2CC(=O)N21. The van der Waals surface area contributed by atoms with E-state index < -0.39 is 0 Å². The monoisotopic (exact) mass is 169 g/mol. The van der Waals surface area contributed by atoms with Crippen LogP contribution < -0.4 is 0 Å². The molecule has 0 spiro atoms. The average Bonchev–Trinajstić information content (AvgIpc) is 2.40. The van der Waals surface area contributed by atoms with Gasteiger partial charge in [0, 0.05) is 12.5 Å². The highest BCUT2D eigenvalue weighted by Gasteiger charge is 2.48. The zero-order valence-electron chi connectivity index (χ0n) is 6.95. The maximum Gasteiger partial charge on any atom is 0.328 e. The highest BCUT2D eigenvalue weighted by atomic mass is 16.5. The molecule has 0 radical (unpaired) electrons. The molecule has 0 saturated carbocycles. The van der Waals surface area contributed by atoms with Crippen molar-refractivity contribution in [1.29, 1.82) is 0 Å². The molecule has 0 aromatic rings. The summed E-state index contributed by atoms with van der Waals surface area (Å²) < 4.78 is 4.60. The first kappa shape index (κ1) is 7.58. The fourth-order valence-electron chi connectivity index (χ4n) is 2.02. The molecule has 66 valence electrons. The summed E-state index contributed by atoms with van der Waals surface area (Å²) >= 11 is 0.